The van der Waals surface area contributed by atoms with Crippen molar-refractivity contribution in [3.05, 3.63) is 35.8 Å². The molecule has 1 unspecified atom stereocenters. The first-order valence-electron chi connectivity index (χ1n) is 6.40. The number of carboxylic acids is 1. The summed E-state index contributed by atoms with van der Waals surface area (Å²) in [5, 5.41) is 12.0. The maximum atomic E-state index is 12.0. The minimum absolute atomic E-state index is 0.205. The largest absolute Gasteiger partial charge is 0.475 e. The Hall–Kier alpha value is -2.83. The number of hydrogen-bond donors (Lipinski definition) is 2. The van der Waals surface area contributed by atoms with E-state index in [-0.39, 0.29) is 18.2 Å². The van der Waals surface area contributed by atoms with Crippen LogP contribution in [0.5, 0.6) is 0 Å². The average molecular weight is 285 g/mol. The van der Waals surface area contributed by atoms with Crippen LogP contribution in [0.4, 0.5) is 0 Å². The lowest BCUT2D eigenvalue weighted by atomic mass is 9.92. The third-order valence-electron chi connectivity index (χ3n) is 3.39. The summed E-state index contributed by atoms with van der Waals surface area (Å²) in [7, 11) is 0. The number of nitrogens with one attached hydrogen (secondary N) is 1. The van der Waals surface area contributed by atoms with Gasteiger partial charge in [0.05, 0.1) is 17.1 Å². The minimum atomic E-state index is -1.26. The average Bonchev–Trinajstić information content (AvgIpc) is 2.46. The summed E-state index contributed by atoms with van der Waals surface area (Å²) in [6, 6.07) is 6.90. The maximum absolute atomic E-state index is 12.0. The summed E-state index contributed by atoms with van der Waals surface area (Å²) in [6.45, 7) is 0. The molecule has 2 aromatic rings. The molecular weight excluding hydrogens is 274 g/mol. The second-order valence-corrected chi connectivity index (χ2v) is 4.76. The number of hydrogen-bond acceptors (Lipinski definition) is 5. The number of rotatable bonds is 2. The molecule has 2 heterocycles. The highest BCUT2D eigenvalue weighted by Gasteiger charge is 2.31. The summed E-state index contributed by atoms with van der Waals surface area (Å²) in [5.74, 6) is -3.03. The van der Waals surface area contributed by atoms with Crippen LogP contribution in [0.3, 0.4) is 0 Å². The van der Waals surface area contributed by atoms with Gasteiger partial charge in [-0.3, -0.25) is 14.9 Å². The standard InChI is InChI=1S/C14H11N3O4/c18-10-6-5-8(13(19)16-10)11-7-3-1-2-4-9(7)15-12(17-11)14(20)21/h1-4,8H,5-6H2,(H,20,21)(H,16,18,19). The molecule has 1 aliphatic heterocycles. The van der Waals surface area contributed by atoms with Gasteiger partial charge < -0.3 is 5.11 Å². The van der Waals surface area contributed by atoms with Crippen LogP contribution in [0.25, 0.3) is 10.9 Å². The van der Waals surface area contributed by atoms with E-state index in [1.54, 1.807) is 24.3 Å². The van der Waals surface area contributed by atoms with Crippen molar-refractivity contribution in [2.75, 3.05) is 0 Å². The van der Waals surface area contributed by atoms with Gasteiger partial charge in [0.25, 0.3) is 0 Å². The van der Waals surface area contributed by atoms with Crippen molar-refractivity contribution in [2.24, 2.45) is 0 Å². The van der Waals surface area contributed by atoms with Crippen LogP contribution in [0.15, 0.2) is 24.3 Å². The number of benzene rings is 1. The third-order valence-corrected chi connectivity index (χ3v) is 3.39. The lowest BCUT2D eigenvalue weighted by Gasteiger charge is -2.21. The molecule has 21 heavy (non-hydrogen) atoms. The molecule has 3 rings (SSSR count). The van der Waals surface area contributed by atoms with Gasteiger partial charge in [0.2, 0.25) is 17.6 Å². The Kier molecular flexibility index (Phi) is 3.09. The normalized spacial score (nSPS) is 18.6. The highest BCUT2D eigenvalue weighted by Crippen LogP contribution is 2.28. The van der Waals surface area contributed by atoms with Gasteiger partial charge in [0.1, 0.15) is 0 Å². The van der Waals surface area contributed by atoms with Gasteiger partial charge >= 0.3 is 5.97 Å². The number of aromatic nitrogens is 2. The Bertz CT molecular complexity index is 772. The number of nitrogens with zero attached hydrogens (tertiary/aromatic N) is 2. The number of aromatic carboxylic acids is 1. The van der Waals surface area contributed by atoms with Crippen LogP contribution in [-0.2, 0) is 9.59 Å². The van der Waals surface area contributed by atoms with Crippen molar-refractivity contribution in [3.8, 4) is 0 Å². The maximum Gasteiger partial charge on any atom is 0.373 e. The van der Waals surface area contributed by atoms with Gasteiger partial charge in [-0.05, 0) is 12.5 Å². The molecule has 106 valence electrons. The van der Waals surface area contributed by atoms with E-state index in [2.05, 4.69) is 15.3 Å². The fourth-order valence-corrected chi connectivity index (χ4v) is 2.42. The number of carboxylic acid groups (broad SMARTS) is 1. The zero-order chi connectivity index (χ0) is 15.0. The number of amides is 2. The molecule has 0 saturated carbocycles. The molecule has 0 radical (unpaired) electrons. The van der Waals surface area contributed by atoms with Crippen LogP contribution < -0.4 is 5.32 Å². The number of fused-ring (bicyclic) bond motifs is 1. The first-order valence-corrected chi connectivity index (χ1v) is 6.40. The van der Waals surface area contributed by atoms with Crippen LogP contribution in [0.1, 0.15) is 35.1 Å². The van der Waals surface area contributed by atoms with Crippen LogP contribution >= 0.6 is 0 Å². The van der Waals surface area contributed by atoms with E-state index in [9.17, 15) is 14.4 Å². The summed E-state index contributed by atoms with van der Waals surface area (Å²) in [5.41, 5.74) is 0.813. The van der Waals surface area contributed by atoms with E-state index in [0.717, 1.165) is 0 Å². The van der Waals surface area contributed by atoms with Crippen molar-refractivity contribution in [1.29, 1.82) is 0 Å². The number of imide groups is 1. The Balaban J connectivity index is 2.18. The number of carbonyl (C=O) groups is 3. The van der Waals surface area contributed by atoms with Gasteiger partial charge in [0.15, 0.2) is 0 Å². The first kappa shape index (κ1) is 13.2. The number of piperidine rings is 1. The minimum Gasteiger partial charge on any atom is -0.475 e. The van der Waals surface area contributed by atoms with E-state index in [1.165, 1.54) is 0 Å². The van der Waals surface area contributed by atoms with Crippen molar-refractivity contribution in [2.45, 2.75) is 18.8 Å². The molecule has 1 aromatic carbocycles. The van der Waals surface area contributed by atoms with Gasteiger partial charge in [-0.25, -0.2) is 14.8 Å². The zero-order valence-corrected chi connectivity index (χ0v) is 10.9. The van der Waals surface area contributed by atoms with Crippen LogP contribution in [-0.4, -0.2) is 32.9 Å². The second kappa shape index (κ2) is 4.93. The van der Waals surface area contributed by atoms with E-state index in [4.69, 9.17) is 5.11 Å². The molecule has 0 bridgehead atoms. The zero-order valence-electron chi connectivity index (χ0n) is 10.9. The van der Waals surface area contributed by atoms with Crippen LogP contribution in [0, 0.1) is 0 Å². The van der Waals surface area contributed by atoms with Gasteiger partial charge in [-0.15, -0.1) is 0 Å². The number of para-hydroxylation sites is 1. The van der Waals surface area contributed by atoms with Crippen molar-refractivity contribution >= 4 is 28.7 Å². The quantitative estimate of drug-likeness (QED) is 0.792. The third kappa shape index (κ3) is 2.33. The molecule has 0 spiro atoms. The Morgan fingerprint density at radius 2 is 2.00 bits per heavy atom. The molecule has 1 aliphatic rings. The smallest absolute Gasteiger partial charge is 0.373 e. The highest BCUT2D eigenvalue weighted by molar-refractivity contribution is 6.02. The summed E-state index contributed by atoms with van der Waals surface area (Å²) in [4.78, 5) is 42.3. The van der Waals surface area contributed by atoms with Crippen molar-refractivity contribution < 1.29 is 19.5 Å². The molecule has 1 atom stereocenters. The summed E-state index contributed by atoms with van der Waals surface area (Å²) >= 11 is 0. The molecule has 1 saturated heterocycles. The SMILES string of the molecule is O=C1CCC(c2nc(C(=O)O)nc3ccccc23)C(=O)N1. The summed E-state index contributed by atoms with van der Waals surface area (Å²) in [6.07, 6.45) is 0.516. The van der Waals surface area contributed by atoms with E-state index < -0.39 is 17.8 Å². The lowest BCUT2D eigenvalue weighted by Crippen LogP contribution is -2.40. The predicted molar refractivity (Wildman–Crippen MR) is 71.6 cm³/mol. The van der Waals surface area contributed by atoms with E-state index in [0.29, 0.717) is 23.0 Å². The molecule has 0 aliphatic carbocycles. The fourth-order valence-electron chi connectivity index (χ4n) is 2.42. The number of carbonyl (C=O) groups excluding carboxylic acids is 2. The molecule has 1 fully saturated rings. The molecule has 7 heteroatoms. The van der Waals surface area contributed by atoms with Gasteiger partial charge in [-0.2, -0.15) is 0 Å². The Labute approximate surface area is 119 Å². The second-order valence-electron chi connectivity index (χ2n) is 4.76. The van der Waals surface area contributed by atoms with Gasteiger partial charge in [-0.1, -0.05) is 18.2 Å². The predicted octanol–water partition coefficient (Wildman–Crippen LogP) is 0.848. The Morgan fingerprint density at radius 1 is 1.24 bits per heavy atom. The lowest BCUT2D eigenvalue weighted by molar-refractivity contribution is -0.134. The van der Waals surface area contributed by atoms with E-state index in [1.807, 2.05) is 0 Å². The molecule has 7 nitrogen and oxygen atoms in total. The Morgan fingerprint density at radius 3 is 2.71 bits per heavy atom. The van der Waals surface area contributed by atoms with Crippen LogP contribution in [0.2, 0.25) is 0 Å². The van der Waals surface area contributed by atoms with Crippen molar-refractivity contribution in [1.82, 2.24) is 15.3 Å². The summed E-state index contributed by atoms with van der Waals surface area (Å²) < 4.78 is 0. The monoisotopic (exact) mass is 285 g/mol. The highest BCUT2D eigenvalue weighted by atomic mass is 16.4. The topological polar surface area (TPSA) is 109 Å². The molecule has 2 amide bonds. The molecule has 1 aromatic heterocycles. The first-order chi connectivity index (χ1) is 10.1. The molecule has 2 N–H and O–H groups in total. The van der Waals surface area contributed by atoms with Gasteiger partial charge in [0, 0.05) is 11.8 Å². The van der Waals surface area contributed by atoms with E-state index >= 15 is 0 Å². The van der Waals surface area contributed by atoms with Crippen molar-refractivity contribution in [3.63, 3.8) is 0 Å². The molecular formula is C14H11N3O4. The fraction of sp³-hybridized carbons (Fsp3) is 0.214.